The Labute approximate surface area is 111 Å². The molecule has 0 aliphatic heterocycles. The number of rotatable bonds is 8. The average molecular weight is 269 g/mol. The van der Waals surface area contributed by atoms with E-state index in [-0.39, 0.29) is 24.7 Å². The molecule has 18 heavy (non-hydrogen) atoms. The van der Waals surface area contributed by atoms with E-state index in [2.05, 4.69) is 5.32 Å². The van der Waals surface area contributed by atoms with Crippen molar-refractivity contribution in [3.63, 3.8) is 0 Å². The van der Waals surface area contributed by atoms with E-state index in [0.717, 1.165) is 17.9 Å². The fraction of sp³-hybridized carbons (Fsp3) is 0.462. The van der Waals surface area contributed by atoms with Crippen molar-refractivity contribution >= 4 is 17.7 Å². The molecule has 0 radical (unpaired) electrons. The number of aromatic hydroxyl groups is 1. The lowest BCUT2D eigenvalue weighted by Gasteiger charge is -2.06. The summed E-state index contributed by atoms with van der Waals surface area (Å²) in [7, 11) is 0. The minimum atomic E-state index is -0.0840. The largest absolute Gasteiger partial charge is 0.508 e. The fourth-order valence-electron chi connectivity index (χ4n) is 1.43. The van der Waals surface area contributed by atoms with Gasteiger partial charge in [-0.15, -0.1) is 0 Å². The van der Waals surface area contributed by atoms with Crippen molar-refractivity contribution in [1.82, 2.24) is 5.32 Å². The molecule has 1 aromatic carbocycles. The van der Waals surface area contributed by atoms with Gasteiger partial charge < -0.3 is 15.5 Å². The highest BCUT2D eigenvalue weighted by Crippen LogP contribution is 2.15. The van der Waals surface area contributed by atoms with E-state index in [1.807, 2.05) is 0 Å². The van der Waals surface area contributed by atoms with Crippen molar-refractivity contribution in [2.75, 3.05) is 24.7 Å². The third kappa shape index (κ3) is 5.93. The van der Waals surface area contributed by atoms with Gasteiger partial charge in [0.05, 0.1) is 6.42 Å². The van der Waals surface area contributed by atoms with Gasteiger partial charge in [-0.25, -0.2) is 0 Å². The lowest BCUT2D eigenvalue weighted by Crippen LogP contribution is -2.27. The molecule has 0 bridgehead atoms. The van der Waals surface area contributed by atoms with Gasteiger partial charge in [0.2, 0.25) is 5.91 Å². The number of aliphatic hydroxyl groups excluding tert-OH is 1. The number of phenols is 1. The Balaban J connectivity index is 2.16. The summed E-state index contributed by atoms with van der Waals surface area (Å²) in [6.07, 6.45) is 0.991. The highest BCUT2D eigenvalue weighted by Gasteiger charge is 2.06. The zero-order chi connectivity index (χ0) is 13.2. The van der Waals surface area contributed by atoms with Gasteiger partial charge in [-0.05, 0) is 18.2 Å². The van der Waals surface area contributed by atoms with E-state index in [1.165, 1.54) is 0 Å². The Bertz CT molecular complexity index is 371. The standard InChI is InChI=1S/C13H19NO3S/c15-7-3-8-18-9-6-14-13(17)10-11-4-1-2-5-12(11)16/h1-2,4-5,15-16H,3,6-10H2,(H,14,17). The molecule has 1 amide bonds. The molecule has 0 unspecified atom stereocenters. The molecule has 0 aromatic heterocycles. The predicted molar refractivity (Wildman–Crippen MR) is 73.8 cm³/mol. The highest BCUT2D eigenvalue weighted by molar-refractivity contribution is 7.99. The van der Waals surface area contributed by atoms with E-state index in [1.54, 1.807) is 36.0 Å². The first-order valence-corrected chi connectivity index (χ1v) is 7.11. The first-order chi connectivity index (χ1) is 8.74. The minimum Gasteiger partial charge on any atom is -0.508 e. The third-order valence-electron chi connectivity index (χ3n) is 2.36. The second-order valence-corrected chi connectivity index (χ2v) is 5.07. The Morgan fingerprint density at radius 2 is 2.06 bits per heavy atom. The Morgan fingerprint density at radius 1 is 1.28 bits per heavy atom. The van der Waals surface area contributed by atoms with Crippen molar-refractivity contribution < 1.29 is 15.0 Å². The third-order valence-corrected chi connectivity index (χ3v) is 3.43. The fourth-order valence-corrected chi connectivity index (χ4v) is 2.21. The molecular weight excluding hydrogens is 250 g/mol. The zero-order valence-electron chi connectivity index (χ0n) is 10.3. The van der Waals surface area contributed by atoms with Crippen LogP contribution in [0.15, 0.2) is 24.3 Å². The van der Waals surface area contributed by atoms with Crippen molar-refractivity contribution in [3.05, 3.63) is 29.8 Å². The van der Waals surface area contributed by atoms with Crippen LogP contribution >= 0.6 is 11.8 Å². The SMILES string of the molecule is O=C(Cc1ccccc1O)NCCSCCCO. The molecule has 0 aliphatic rings. The van der Waals surface area contributed by atoms with E-state index in [4.69, 9.17) is 5.11 Å². The number of phenolic OH excluding ortho intramolecular Hbond substituents is 1. The van der Waals surface area contributed by atoms with Crippen molar-refractivity contribution in [2.24, 2.45) is 0 Å². The summed E-state index contributed by atoms with van der Waals surface area (Å²) < 4.78 is 0. The van der Waals surface area contributed by atoms with E-state index >= 15 is 0 Å². The summed E-state index contributed by atoms with van der Waals surface area (Å²) in [4.78, 5) is 11.6. The molecular formula is C13H19NO3S. The quantitative estimate of drug-likeness (QED) is 0.620. The molecule has 0 fully saturated rings. The van der Waals surface area contributed by atoms with E-state index in [9.17, 15) is 9.90 Å². The Kier molecular flexibility index (Phi) is 7.29. The molecule has 3 N–H and O–H groups in total. The second kappa shape index (κ2) is 8.83. The minimum absolute atomic E-state index is 0.0840. The van der Waals surface area contributed by atoms with Crippen LogP contribution in [-0.4, -0.2) is 40.8 Å². The van der Waals surface area contributed by atoms with Crippen LogP contribution in [0.2, 0.25) is 0 Å². The molecule has 5 heteroatoms. The van der Waals surface area contributed by atoms with Crippen molar-refractivity contribution in [2.45, 2.75) is 12.8 Å². The van der Waals surface area contributed by atoms with Gasteiger partial charge in [-0.2, -0.15) is 11.8 Å². The van der Waals surface area contributed by atoms with Gasteiger partial charge in [0.1, 0.15) is 5.75 Å². The molecule has 0 aliphatic carbocycles. The lowest BCUT2D eigenvalue weighted by atomic mass is 10.1. The maximum absolute atomic E-state index is 11.6. The number of carbonyl (C=O) groups is 1. The second-order valence-electron chi connectivity index (χ2n) is 3.84. The Morgan fingerprint density at radius 3 is 2.78 bits per heavy atom. The van der Waals surface area contributed by atoms with Gasteiger partial charge in [-0.1, -0.05) is 18.2 Å². The first kappa shape index (κ1) is 14.9. The van der Waals surface area contributed by atoms with Crippen LogP contribution in [0.5, 0.6) is 5.75 Å². The summed E-state index contributed by atoms with van der Waals surface area (Å²) in [5, 5.41) is 20.9. The molecule has 0 heterocycles. The smallest absolute Gasteiger partial charge is 0.224 e. The van der Waals surface area contributed by atoms with Crippen LogP contribution in [0.1, 0.15) is 12.0 Å². The maximum Gasteiger partial charge on any atom is 0.224 e. The first-order valence-electron chi connectivity index (χ1n) is 5.96. The highest BCUT2D eigenvalue weighted by atomic mass is 32.2. The monoisotopic (exact) mass is 269 g/mol. The number of benzene rings is 1. The molecule has 1 rings (SSSR count). The number of thioether (sulfide) groups is 1. The summed E-state index contributed by atoms with van der Waals surface area (Å²) >= 11 is 1.71. The lowest BCUT2D eigenvalue weighted by molar-refractivity contribution is -0.120. The molecule has 0 saturated carbocycles. The predicted octanol–water partition coefficient (Wildman–Crippen LogP) is 1.17. The van der Waals surface area contributed by atoms with Crippen LogP contribution in [0, 0.1) is 0 Å². The van der Waals surface area contributed by atoms with Gasteiger partial charge in [-0.3, -0.25) is 4.79 Å². The summed E-state index contributed by atoms with van der Waals surface area (Å²) in [5.41, 5.74) is 0.642. The molecule has 100 valence electrons. The summed E-state index contributed by atoms with van der Waals surface area (Å²) in [6.45, 7) is 0.829. The molecule has 4 nitrogen and oxygen atoms in total. The average Bonchev–Trinajstić information content (AvgIpc) is 2.36. The van der Waals surface area contributed by atoms with E-state index in [0.29, 0.717) is 12.1 Å². The Hall–Kier alpha value is -1.20. The van der Waals surface area contributed by atoms with Crippen LogP contribution in [0.25, 0.3) is 0 Å². The molecule has 0 saturated heterocycles. The molecule has 0 atom stereocenters. The van der Waals surface area contributed by atoms with Crippen LogP contribution in [0.3, 0.4) is 0 Å². The topological polar surface area (TPSA) is 69.6 Å². The normalized spacial score (nSPS) is 10.3. The summed E-state index contributed by atoms with van der Waals surface area (Å²) in [5.74, 6) is 1.82. The zero-order valence-corrected chi connectivity index (χ0v) is 11.1. The van der Waals surface area contributed by atoms with Crippen LogP contribution < -0.4 is 5.32 Å². The van der Waals surface area contributed by atoms with Crippen molar-refractivity contribution in [3.8, 4) is 5.75 Å². The number of nitrogens with one attached hydrogen (secondary N) is 1. The van der Waals surface area contributed by atoms with E-state index < -0.39 is 0 Å². The summed E-state index contributed by atoms with van der Waals surface area (Å²) in [6, 6.07) is 6.85. The number of amides is 1. The number of hydrogen-bond donors (Lipinski definition) is 3. The van der Waals surface area contributed by atoms with Gasteiger partial charge in [0.25, 0.3) is 0 Å². The number of para-hydroxylation sites is 1. The van der Waals surface area contributed by atoms with Crippen molar-refractivity contribution in [1.29, 1.82) is 0 Å². The maximum atomic E-state index is 11.6. The molecule has 1 aromatic rings. The molecule has 0 spiro atoms. The number of aliphatic hydroxyl groups is 1. The number of hydrogen-bond acceptors (Lipinski definition) is 4. The number of carbonyl (C=O) groups excluding carboxylic acids is 1. The van der Waals surface area contributed by atoms with Crippen LogP contribution in [0.4, 0.5) is 0 Å². The van der Waals surface area contributed by atoms with Gasteiger partial charge >= 0.3 is 0 Å². The van der Waals surface area contributed by atoms with Crippen LogP contribution in [-0.2, 0) is 11.2 Å². The van der Waals surface area contributed by atoms with Gasteiger partial charge in [0, 0.05) is 24.5 Å². The van der Waals surface area contributed by atoms with Gasteiger partial charge in [0.15, 0.2) is 0 Å².